The van der Waals surface area contributed by atoms with Gasteiger partial charge in [0.15, 0.2) is 0 Å². The van der Waals surface area contributed by atoms with Crippen molar-refractivity contribution < 1.29 is 0 Å². The van der Waals surface area contributed by atoms with E-state index in [9.17, 15) is 0 Å². The first kappa shape index (κ1) is 14.6. The van der Waals surface area contributed by atoms with Crippen LogP contribution in [0.4, 0.5) is 0 Å². The molecule has 0 unspecified atom stereocenters. The van der Waals surface area contributed by atoms with Gasteiger partial charge in [-0.3, -0.25) is 0 Å². The fourth-order valence-corrected chi connectivity index (χ4v) is 3.18. The van der Waals surface area contributed by atoms with E-state index in [2.05, 4.69) is 35.6 Å². The van der Waals surface area contributed by atoms with Gasteiger partial charge in [0, 0.05) is 24.8 Å². The van der Waals surface area contributed by atoms with Crippen LogP contribution in [-0.4, -0.2) is 15.6 Å². The minimum atomic E-state index is 0.493. The van der Waals surface area contributed by atoms with Gasteiger partial charge in [0.05, 0.1) is 12.0 Å². The van der Waals surface area contributed by atoms with Crippen molar-refractivity contribution in [2.45, 2.75) is 77.9 Å². The van der Waals surface area contributed by atoms with Gasteiger partial charge in [-0.15, -0.1) is 0 Å². The number of imidazole rings is 1. The van der Waals surface area contributed by atoms with Crippen molar-refractivity contribution in [2.75, 3.05) is 0 Å². The molecule has 3 heteroatoms. The van der Waals surface area contributed by atoms with Crippen LogP contribution in [0.3, 0.4) is 0 Å². The second-order valence-electron chi connectivity index (χ2n) is 6.31. The van der Waals surface area contributed by atoms with Crippen molar-refractivity contribution in [1.29, 1.82) is 0 Å². The van der Waals surface area contributed by atoms with Gasteiger partial charge in [0.25, 0.3) is 0 Å². The lowest BCUT2D eigenvalue weighted by Gasteiger charge is -2.24. The highest BCUT2D eigenvalue weighted by molar-refractivity contribution is 4.99. The number of rotatable bonds is 5. The summed E-state index contributed by atoms with van der Waals surface area (Å²) in [5, 5.41) is 3.72. The molecule has 1 aromatic heterocycles. The minimum absolute atomic E-state index is 0.493. The molecule has 0 spiro atoms. The number of hydrogen-bond donors (Lipinski definition) is 1. The van der Waals surface area contributed by atoms with Crippen molar-refractivity contribution in [1.82, 2.24) is 14.9 Å². The molecule has 0 amide bonds. The van der Waals surface area contributed by atoms with Crippen molar-refractivity contribution >= 4 is 0 Å². The van der Waals surface area contributed by atoms with Gasteiger partial charge in [-0.25, -0.2) is 4.98 Å². The van der Waals surface area contributed by atoms with E-state index in [1.807, 2.05) is 12.5 Å². The maximum Gasteiger partial charge on any atom is 0.0951 e. The summed E-state index contributed by atoms with van der Waals surface area (Å²) in [7, 11) is 0. The molecule has 0 bridgehead atoms. The molecule has 1 aliphatic rings. The topological polar surface area (TPSA) is 29.9 Å². The Balaban J connectivity index is 1.85. The van der Waals surface area contributed by atoms with E-state index in [0.717, 1.165) is 12.5 Å². The van der Waals surface area contributed by atoms with Crippen LogP contribution in [-0.2, 0) is 6.54 Å². The first-order chi connectivity index (χ1) is 9.18. The summed E-state index contributed by atoms with van der Waals surface area (Å²) >= 11 is 0. The smallest absolute Gasteiger partial charge is 0.0951 e. The average Bonchev–Trinajstić information content (AvgIpc) is 2.69. The normalized spacial score (nSPS) is 19.6. The standard InChI is InChI=1S/C16H29N3/c1-13(2)19-12-17-10-16(19)11-18-14(3)15-8-6-4-5-7-9-15/h10,12-15,18H,4-9,11H2,1-3H3/t14-/m1/s1. The van der Waals surface area contributed by atoms with Gasteiger partial charge in [-0.2, -0.15) is 0 Å². The summed E-state index contributed by atoms with van der Waals surface area (Å²) < 4.78 is 2.26. The van der Waals surface area contributed by atoms with E-state index < -0.39 is 0 Å². The Bertz CT molecular complexity index is 362. The minimum Gasteiger partial charge on any atom is -0.331 e. The first-order valence-corrected chi connectivity index (χ1v) is 7.92. The zero-order valence-corrected chi connectivity index (χ0v) is 12.7. The van der Waals surface area contributed by atoms with E-state index in [0.29, 0.717) is 12.1 Å². The lowest BCUT2D eigenvalue weighted by atomic mass is 9.93. The van der Waals surface area contributed by atoms with E-state index in [1.54, 1.807) is 0 Å². The number of hydrogen-bond acceptors (Lipinski definition) is 2. The zero-order valence-electron chi connectivity index (χ0n) is 12.7. The molecule has 0 aromatic carbocycles. The Morgan fingerprint density at radius 3 is 2.53 bits per heavy atom. The molecule has 1 heterocycles. The highest BCUT2D eigenvalue weighted by atomic mass is 15.1. The number of nitrogens with one attached hydrogen (secondary N) is 1. The lowest BCUT2D eigenvalue weighted by Crippen LogP contribution is -2.33. The van der Waals surface area contributed by atoms with Crippen molar-refractivity contribution in [2.24, 2.45) is 5.92 Å². The third-order valence-electron chi connectivity index (χ3n) is 4.51. The fourth-order valence-electron chi connectivity index (χ4n) is 3.18. The molecular weight excluding hydrogens is 234 g/mol. The monoisotopic (exact) mass is 263 g/mol. The van der Waals surface area contributed by atoms with Gasteiger partial charge >= 0.3 is 0 Å². The number of nitrogens with zero attached hydrogens (tertiary/aromatic N) is 2. The third kappa shape index (κ3) is 4.07. The summed E-state index contributed by atoms with van der Waals surface area (Å²) in [5.74, 6) is 0.859. The van der Waals surface area contributed by atoms with Crippen LogP contribution < -0.4 is 5.32 Å². The predicted octanol–water partition coefficient (Wildman–Crippen LogP) is 3.91. The molecule has 2 rings (SSSR count). The molecule has 0 aliphatic heterocycles. The van der Waals surface area contributed by atoms with E-state index >= 15 is 0 Å². The first-order valence-electron chi connectivity index (χ1n) is 7.92. The molecule has 1 saturated carbocycles. The zero-order chi connectivity index (χ0) is 13.7. The highest BCUT2D eigenvalue weighted by Gasteiger charge is 2.19. The summed E-state index contributed by atoms with van der Waals surface area (Å²) in [6.07, 6.45) is 12.4. The molecule has 0 saturated heterocycles. The summed E-state index contributed by atoms with van der Waals surface area (Å²) in [6, 6.07) is 1.11. The second-order valence-corrected chi connectivity index (χ2v) is 6.31. The van der Waals surface area contributed by atoms with Gasteiger partial charge in [0.1, 0.15) is 0 Å². The maximum absolute atomic E-state index is 4.27. The number of aromatic nitrogens is 2. The van der Waals surface area contributed by atoms with Gasteiger partial charge < -0.3 is 9.88 Å². The summed E-state index contributed by atoms with van der Waals surface area (Å²) in [4.78, 5) is 4.27. The molecule has 1 atom stereocenters. The van der Waals surface area contributed by atoms with E-state index in [-0.39, 0.29) is 0 Å². The molecule has 108 valence electrons. The van der Waals surface area contributed by atoms with Crippen LogP contribution in [0.1, 0.15) is 71.0 Å². The van der Waals surface area contributed by atoms with Crippen LogP contribution in [0.2, 0.25) is 0 Å². The van der Waals surface area contributed by atoms with Crippen molar-refractivity contribution in [3.63, 3.8) is 0 Å². The fraction of sp³-hybridized carbons (Fsp3) is 0.812. The Labute approximate surface area is 117 Å². The second kappa shape index (κ2) is 7.09. The molecule has 1 aliphatic carbocycles. The molecule has 1 fully saturated rings. The van der Waals surface area contributed by atoms with Gasteiger partial charge in [-0.1, -0.05) is 25.7 Å². The van der Waals surface area contributed by atoms with Crippen LogP contribution in [0.15, 0.2) is 12.5 Å². The van der Waals surface area contributed by atoms with E-state index in [4.69, 9.17) is 0 Å². The van der Waals surface area contributed by atoms with Gasteiger partial charge in [0.2, 0.25) is 0 Å². The van der Waals surface area contributed by atoms with Crippen LogP contribution >= 0.6 is 0 Å². The summed E-state index contributed by atoms with van der Waals surface area (Å²) in [5.41, 5.74) is 1.30. The Kier molecular flexibility index (Phi) is 5.44. The molecular formula is C16H29N3. The molecule has 19 heavy (non-hydrogen) atoms. The quantitative estimate of drug-likeness (QED) is 0.816. The largest absolute Gasteiger partial charge is 0.331 e. The maximum atomic E-state index is 4.27. The Hall–Kier alpha value is -0.830. The van der Waals surface area contributed by atoms with Crippen molar-refractivity contribution in [3.8, 4) is 0 Å². The average molecular weight is 263 g/mol. The van der Waals surface area contributed by atoms with Crippen LogP contribution in [0, 0.1) is 5.92 Å². The molecule has 3 nitrogen and oxygen atoms in total. The Morgan fingerprint density at radius 1 is 1.21 bits per heavy atom. The molecule has 0 radical (unpaired) electrons. The molecule has 1 N–H and O–H groups in total. The predicted molar refractivity (Wildman–Crippen MR) is 80.1 cm³/mol. The highest BCUT2D eigenvalue weighted by Crippen LogP contribution is 2.25. The SMILES string of the molecule is CC(C)n1cncc1CN[C@H](C)C1CCCCCC1. The van der Waals surface area contributed by atoms with Crippen LogP contribution in [0.5, 0.6) is 0 Å². The Morgan fingerprint density at radius 2 is 1.89 bits per heavy atom. The third-order valence-corrected chi connectivity index (χ3v) is 4.51. The molecule has 1 aromatic rings. The van der Waals surface area contributed by atoms with Crippen LogP contribution in [0.25, 0.3) is 0 Å². The van der Waals surface area contributed by atoms with E-state index in [1.165, 1.54) is 44.2 Å². The summed E-state index contributed by atoms with van der Waals surface area (Å²) in [6.45, 7) is 7.71. The lowest BCUT2D eigenvalue weighted by molar-refractivity contribution is 0.333. The van der Waals surface area contributed by atoms with Crippen molar-refractivity contribution in [3.05, 3.63) is 18.2 Å². The van der Waals surface area contributed by atoms with Gasteiger partial charge in [-0.05, 0) is 39.5 Å².